The van der Waals surface area contributed by atoms with Crippen LogP contribution in [0.3, 0.4) is 0 Å². The molecule has 1 saturated heterocycles. The van der Waals surface area contributed by atoms with Crippen molar-refractivity contribution >= 4 is 21.8 Å². The number of nitrogens with zero attached hydrogens (tertiary/aromatic N) is 1. The van der Waals surface area contributed by atoms with Crippen LogP contribution in [0.4, 0.5) is 0 Å². The lowest BCUT2D eigenvalue weighted by Gasteiger charge is -2.27. The molecule has 1 atom stereocenters. The zero-order valence-electron chi connectivity index (χ0n) is 9.91. The molecule has 1 aromatic rings. The molecule has 17 heavy (non-hydrogen) atoms. The maximum absolute atomic E-state index is 12.3. The van der Waals surface area contributed by atoms with Gasteiger partial charge in [-0.05, 0) is 47.4 Å². The van der Waals surface area contributed by atoms with Crippen molar-refractivity contribution in [3.8, 4) is 0 Å². The first-order valence-electron chi connectivity index (χ1n) is 5.99. The Morgan fingerprint density at radius 2 is 2.47 bits per heavy atom. The van der Waals surface area contributed by atoms with E-state index in [0.29, 0.717) is 16.5 Å². The van der Waals surface area contributed by atoms with Crippen LogP contribution in [0.25, 0.3) is 0 Å². The van der Waals surface area contributed by atoms with Crippen molar-refractivity contribution in [3.63, 3.8) is 0 Å². The maximum atomic E-state index is 12.3. The number of halogens is 1. The second kappa shape index (κ2) is 5.69. The van der Waals surface area contributed by atoms with E-state index >= 15 is 0 Å². The Labute approximate surface area is 109 Å². The molecule has 0 saturated carbocycles. The van der Waals surface area contributed by atoms with Gasteiger partial charge in [-0.3, -0.25) is 4.79 Å². The van der Waals surface area contributed by atoms with E-state index in [1.54, 1.807) is 12.1 Å². The number of amides is 1. The smallest absolute Gasteiger partial charge is 0.289 e. The summed E-state index contributed by atoms with van der Waals surface area (Å²) in [6, 6.07) is 3.77. The number of carbonyl (C=O) groups excluding carboxylic acids is 1. The van der Waals surface area contributed by atoms with Gasteiger partial charge in [0.2, 0.25) is 0 Å². The molecular formula is C12H17BrN2O2. The number of hydrogen-bond acceptors (Lipinski definition) is 3. The predicted octanol–water partition coefficient (Wildman–Crippen LogP) is 2.26. The van der Waals surface area contributed by atoms with Gasteiger partial charge in [0.1, 0.15) is 0 Å². The molecule has 0 bridgehead atoms. The highest BCUT2D eigenvalue weighted by atomic mass is 79.9. The highest BCUT2D eigenvalue weighted by Gasteiger charge is 2.28. The monoisotopic (exact) mass is 300 g/mol. The molecule has 2 heterocycles. The van der Waals surface area contributed by atoms with E-state index < -0.39 is 0 Å². The number of carbonyl (C=O) groups is 1. The van der Waals surface area contributed by atoms with Crippen molar-refractivity contribution in [1.29, 1.82) is 0 Å². The van der Waals surface area contributed by atoms with Crippen LogP contribution in [0.1, 0.15) is 30.3 Å². The average Bonchev–Trinajstić information content (AvgIpc) is 2.95. The van der Waals surface area contributed by atoms with Crippen LogP contribution in [0.2, 0.25) is 0 Å². The minimum absolute atomic E-state index is 0.00810. The first-order chi connectivity index (χ1) is 8.22. The lowest BCUT2D eigenvalue weighted by Crippen LogP contribution is -2.41. The number of hydrogen-bond donors (Lipinski definition) is 1. The molecule has 0 spiro atoms. The third-order valence-corrected chi connectivity index (χ3v) is 3.41. The fraction of sp³-hybridized carbons (Fsp3) is 0.583. The molecule has 1 unspecified atom stereocenters. The van der Waals surface area contributed by atoms with Crippen molar-refractivity contribution in [1.82, 2.24) is 10.2 Å². The molecule has 1 aromatic heterocycles. The predicted molar refractivity (Wildman–Crippen MR) is 69.0 cm³/mol. The van der Waals surface area contributed by atoms with Gasteiger partial charge in [-0.1, -0.05) is 6.92 Å². The van der Waals surface area contributed by atoms with Crippen molar-refractivity contribution in [2.24, 2.45) is 0 Å². The Morgan fingerprint density at radius 3 is 3.00 bits per heavy atom. The molecule has 5 heteroatoms. The van der Waals surface area contributed by atoms with Crippen LogP contribution in [0.5, 0.6) is 0 Å². The Balaban J connectivity index is 2.12. The van der Waals surface area contributed by atoms with E-state index in [0.717, 1.165) is 32.5 Å². The van der Waals surface area contributed by atoms with E-state index in [4.69, 9.17) is 4.42 Å². The minimum atomic E-state index is -0.00810. The summed E-state index contributed by atoms with van der Waals surface area (Å²) in [5, 5.41) is 3.29. The number of nitrogens with one attached hydrogen (secondary N) is 1. The molecular weight excluding hydrogens is 284 g/mol. The van der Waals surface area contributed by atoms with Gasteiger partial charge >= 0.3 is 0 Å². The largest absolute Gasteiger partial charge is 0.444 e. The third-order valence-electron chi connectivity index (χ3n) is 2.98. The molecule has 1 fully saturated rings. The van der Waals surface area contributed by atoms with Gasteiger partial charge in [0, 0.05) is 19.1 Å². The lowest BCUT2D eigenvalue weighted by molar-refractivity contribution is 0.0658. The highest BCUT2D eigenvalue weighted by molar-refractivity contribution is 9.10. The second-order valence-electron chi connectivity index (χ2n) is 4.25. The van der Waals surface area contributed by atoms with E-state index in [2.05, 4.69) is 28.2 Å². The van der Waals surface area contributed by atoms with Gasteiger partial charge in [0.25, 0.3) is 5.91 Å². The summed E-state index contributed by atoms with van der Waals surface area (Å²) in [5.41, 5.74) is 0. The summed E-state index contributed by atoms with van der Waals surface area (Å²) >= 11 is 3.22. The van der Waals surface area contributed by atoms with E-state index in [1.165, 1.54) is 0 Å². The van der Waals surface area contributed by atoms with Crippen LogP contribution in [-0.2, 0) is 0 Å². The average molecular weight is 301 g/mol. The van der Waals surface area contributed by atoms with Crippen molar-refractivity contribution in [3.05, 3.63) is 22.6 Å². The minimum Gasteiger partial charge on any atom is -0.444 e. The number of furan rings is 1. The van der Waals surface area contributed by atoms with Crippen LogP contribution >= 0.6 is 15.9 Å². The Hall–Kier alpha value is -0.810. The quantitative estimate of drug-likeness (QED) is 0.928. The zero-order valence-corrected chi connectivity index (χ0v) is 11.5. The fourth-order valence-corrected chi connectivity index (χ4v) is 2.47. The van der Waals surface area contributed by atoms with E-state index in [-0.39, 0.29) is 5.91 Å². The molecule has 2 rings (SSSR count). The van der Waals surface area contributed by atoms with Gasteiger partial charge < -0.3 is 14.6 Å². The van der Waals surface area contributed by atoms with Crippen LogP contribution in [-0.4, -0.2) is 36.5 Å². The molecule has 4 nitrogen and oxygen atoms in total. The normalized spacial score (nSPS) is 19.5. The van der Waals surface area contributed by atoms with Gasteiger partial charge in [-0.2, -0.15) is 0 Å². The molecule has 0 aromatic carbocycles. The SMILES string of the molecule is CCCN(C(=O)c1ccc(Br)o1)C1CCNC1. The Bertz CT molecular complexity index is 386. The lowest BCUT2D eigenvalue weighted by atomic mass is 10.2. The summed E-state index contributed by atoms with van der Waals surface area (Å²) in [6.45, 7) is 4.73. The maximum Gasteiger partial charge on any atom is 0.289 e. The van der Waals surface area contributed by atoms with Crippen LogP contribution in [0, 0.1) is 0 Å². The third kappa shape index (κ3) is 2.90. The van der Waals surface area contributed by atoms with Crippen LogP contribution < -0.4 is 5.32 Å². The van der Waals surface area contributed by atoms with Gasteiger partial charge in [-0.25, -0.2) is 0 Å². The zero-order chi connectivity index (χ0) is 12.3. The summed E-state index contributed by atoms with van der Waals surface area (Å²) in [5.74, 6) is 0.406. The van der Waals surface area contributed by atoms with Crippen molar-refractivity contribution in [2.45, 2.75) is 25.8 Å². The fourth-order valence-electron chi connectivity index (χ4n) is 2.17. The van der Waals surface area contributed by atoms with Crippen LogP contribution in [0.15, 0.2) is 21.2 Å². The number of rotatable bonds is 4. The van der Waals surface area contributed by atoms with E-state index in [1.807, 2.05) is 4.90 Å². The first kappa shape index (κ1) is 12.6. The summed E-state index contributed by atoms with van der Waals surface area (Å²) in [7, 11) is 0. The highest BCUT2D eigenvalue weighted by Crippen LogP contribution is 2.18. The summed E-state index contributed by atoms with van der Waals surface area (Å²) in [4.78, 5) is 14.2. The summed E-state index contributed by atoms with van der Waals surface area (Å²) < 4.78 is 5.94. The molecule has 94 valence electrons. The van der Waals surface area contributed by atoms with Crippen molar-refractivity contribution in [2.75, 3.05) is 19.6 Å². The van der Waals surface area contributed by atoms with Gasteiger partial charge in [0.15, 0.2) is 10.4 Å². The standard InChI is InChI=1S/C12H17BrN2O2/c1-2-7-15(9-5-6-14-8-9)12(16)10-3-4-11(13)17-10/h3-4,9,14H,2,5-8H2,1H3. The molecule has 0 aliphatic carbocycles. The van der Waals surface area contributed by atoms with Crippen molar-refractivity contribution < 1.29 is 9.21 Å². The van der Waals surface area contributed by atoms with Gasteiger partial charge in [-0.15, -0.1) is 0 Å². The second-order valence-corrected chi connectivity index (χ2v) is 5.03. The Kier molecular flexibility index (Phi) is 4.23. The topological polar surface area (TPSA) is 45.5 Å². The Morgan fingerprint density at radius 1 is 1.65 bits per heavy atom. The molecule has 1 N–H and O–H groups in total. The molecule has 1 amide bonds. The first-order valence-corrected chi connectivity index (χ1v) is 6.78. The van der Waals surface area contributed by atoms with Gasteiger partial charge in [0.05, 0.1) is 0 Å². The van der Waals surface area contributed by atoms with E-state index in [9.17, 15) is 4.79 Å². The summed E-state index contributed by atoms with van der Waals surface area (Å²) in [6.07, 6.45) is 1.98. The molecule has 0 radical (unpaired) electrons. The molecule has 1 aliphatic heterocycles. The molecule has 1 aliphatic rings.